The average Bonchev–Trinajstić information content (AvgIpc) is 2.88. The van der Waals surface area contributed by atoms with Gasteiger partial charge in [-0.3, -0.25) is 0 Å². The van der Waals surface area contributed by atoms with E-state index < -0.39 is 0 Å². The van der Waals surface area contributed by atoms with Crippen molar-refractivity contribution in [2.75, 3.05) is 5.43 Å². The van der Waals surface area contributed by atoms with Gasteiger partial charge in [-0.25, -0.2) is 20.5 Å². The van der Waals surface area contributed by atoms with Gasteiger partial charge in [0.2, 0.25) is 0 Å². The van der Waals surface area contributed by atoms with E-state index in [0.29, 0.717) is 11.7 Å². The van der Waals surface area contributed by atoms with Gasteiger partial charge in [0.25, 0.3) is 0 Å². The Kier molecular flexibility index (Phi) is 4.04. The summed E-state index contributed by atoms with van der Waals surface area (Å²) in [5, 5.41) is 4.57. The van der Waals surface area contributed by atoms with E-state index in [2.05, 4.69) is 48.2 Å². The smallest absolute Gasteiger partial charge is 0.162 e. The number of nitrogens with one attached hydrogen (secondary N) is 1. The molecular formula is C14H22N6. The standard InChI is InChI=1S/C14H22N6/c1-8(2)11-6-7-20(19-11)14-10(5)13(18-15)16-12(17-14)9(3)4/h6-9H,15H2,1-5H3,(H,16,17,18). The molecule has 2 aromatic heterocycles. The SMILES string of the molecule is Cc1c(NN)nc(C(C)C)nc1-n1ccc(C(C)C)n1. The number of nitrogen functional groups attached to an aromatic ring is 1. The minimum atomic E-state index is 0.224. The maximum Gasteiger partial charge on any atom is 0.162 e. The van der Waals surface area contributed by atoms with Gasteiger partial charge in [0.05, 0.1) is 5.69 Å². The second-order valence-electron chi connectivity index (χ2n) is 5.52. The van der Waals surface area contributed by atoms with Crippen molar-refractivity contribution in [3.05, 3.63) is 29.3 Å². The van der Waals surface area contributed by atoms with Gasteiger partial charge in [-0.15, -0.1) is 0 Å². The maximum absolute atomic E-state index is 5.55. The molecule has 0 aromatic carbocycles. The van der Waals surface area contributed by atoms with Crippen LogP contribution in [0, 0.1) is 6.92 Å². The predicted molar refractivity (Wildman–Crippen MR) is 79.9 cm³/mol. The Hall–Kier alpha value is -1.95. The van der Waals surface area contributed by atoms with Crippen LogP contribution in [-0.2, 0) is 0 Å². The van der Waals surface area contributed by atoms with E-state index in [1.165, 1.54) is 0 Å². The van der Waals surface area contributed by atoms with Crippen molar-refractivity contribution in [1.82, 2.24) is 19.7 Å². The maximum atomic E-state index is 5.55. The first kappa shape index (κ1) is 14.5. The fourth-order valence-electron chi connectivity index (χ4n) is 1.91. The van der Waals surface area contributed by atoms with Gasteiger partial charge in [0.15, 0.2) is 5.82 Å². The van der Waals surface area contributed by atoms with Crippen LogP contribution < -0.4 is 11.3 Å². The molecule has 6 nitrogen and oxygen atoms in total. The van der Waals surface area contributed by atoms with Crippen LogP contribution in [-0.4, -0.2) is 19.7 Å². The number of rotatable bonds is 4. The third-order valence-corrected chi connectivity index (χ3v) is 3.21. The van der Waals surface area contributed by atoms with Crippen molar-refractivity contribution in [3.63, 3.8) is 0 Å². The van der Waals surface area contributed by atoms with E-state index in [4.69, 9.17) is 5.84 Å². The monoisotopic (exact) mass is 274 g/mol. The van der Waals surface area contributed by atoms with E-state index in [9.17, 15) is 0 Å². The first-order chi connectivity index (χ1) is 9.43. The number of aromatic nitrogens is 4. The molecule has 0 aliphatic rings. The molecule has 20 heavy (non-hydrogen) atoms. The summed E-state index contributed by atoms with van der Waals surface area (Å²) in [4.78, 5) is 9.05. The summed E-state index contributed by atoms with van der Waals surface area (Å²) in [6.07, 6.45) is 1.93. The van der Waals surface area contributed by atoms with Crippen LogP contribution in [0.2, 0.25) is 0 Å². The lowest BCUT2D eigenvalue weighted by Gasteiger charge is -2.13. The summed E-state index contributed by atoms with van der Waals surface area (Å²) in [5.41, 5.74) is 4.56. The molecular weight excluding hydrogens is 252 g/mol. The summed E-state index contributed by atoms with van der Waals surface area (Å²) in [5.74, 6) is 8.31. The fourth-order valence-corrected chi connectivity index (χ4v) is 1.91. The molecule has 0 spiro atoms. The molecule has 0 aliphatic heterocycles. The molecule has 2 rings (SSSR count). The quantitative estimate of drug-likeness (QED) is 0.661. The van der Waals surface area contributed by atoms with E-state index in [1.807, 2.05) is 19.2 Å². The summed E-state index contributed by atoms with van der Waals surface area (Å²) in [6, 6.07) is 2.01. The van der Waals surface area contributed by atoms with E-state index in [0.717, 1.165) is 22.9 Å². The van der Waals surface area contributed by atoms with Crippen LogP contribution in [0.15, 0.2) is 12.3 Å². The number of nitrogens with zero attached hydrogens (tertiary/aromatic N) is 4. The molecule has 6 heteroatoms. The predicted octanol–water partition coefficient (Wildman–Crippen LogP) is 2.50. The molecule has 0 aliphatic carbocycles. The third-order valence-electron chi connectivity index (χ3n) is 3.21. The zero-order chi connectivity index (χ0) is 14.9. The van der Waals surface area contributed by atoms with Gasteiger partial charge in [-0.1, -0.05) is 27.7 Å². The molecule has 0 unspecified atom stereocenters. The Morgan fingerprint density at radius 3 is 2.35 bits per heavy atom. The Balaban J connectivity index is 2.56. The average molecular weight is 274 g/mol. The van der Waals surface area contributed by atoms with Crippen molar-refractivity contribution in [2.45, 2.75) is 46.5 Å². The Morgan fingerprint density at radius 1 is 1.15 bits per heavy atom. The normalized spacial score (nSPS) is 11.4. The van der Waals surface area contributed by atoms with E-state index >= 15 is 0 Å². The van der Waals surface area contributed by atoms with Gasteiger partial charge < -0.3 is 5.43 Å². The van der Waals surface area contributed by atoms with Crippen molar-refractivity contribution >= 4 is 5.82 Å². The lowest BCUT2D eigenvalue weighted by Crippen LogP contribution is -2.16. The largest absolute Gasteiger partial charge is 0.308 e. The summed E-state index contributed by atoms with van der Waals surface area (Å²) in [6.45, 7) is 10.3. The highest BCUT2D eigenvalue weighted by molar-refractivity contribution is 5.50. The molecule has 0 saturated heterocycles. The van der Waals surface area contributed by atoms with Crippen molar-refractivity contribution in [2.24, 2.45) is 5.84 Å². The second kappa shape index (κ2) is 5.58. The zero-order valence-corrected chi connectivity index (χ0v) is 12.7. The molecule has 2 heterocycles. The van der Waals surface area contributed by atoms with Gasteiger partial charge >= 0.3 is 0 Å². The highest BCUT2D eigenvalue weighted by Gasteiger charge is 2.15. The molecule has 0 fully saturated rings. The molecule has 3 N–H and O–H groups in total. The second-order valence-corrected chi connectivity index (χ2v) is 5.52. The molecule has 0 radical (unpaired) electrons. The van der Waals surface area contributed by atoms with Crippen molar-refractivity contribution in [3.8, 4) is 5.82 Å². The summed E-state index contributed by atoms with van der Waals surface area (Å²) >= 11 is 0. The molecule has 2 aromatic rings. The highest BCUT2D eigenvalue weighted by atomic mass is 15.3. The van der Waals surface area contributed by atoms with Crippen LogP contribution in [0.4, 0.5) is 5.82 Å². The number of anilines is 1. The van der Waals surface area contributed by atoms with Crippen LogP contribution in [0.5, 0.6) is 0 Å². The molecule has 0 atom stereocenters. The summed E-state index contributed by atoms with van der Waals surface area (Å²) < 4.78 is 1.79. The Bertz CT molecular complexity index is 600. The topological polar surface area (TPSA) is 81.6 Å². The van der Waals surface area contributed by atoms with Crippen LogP contribution in [0.3, 0.4) is 0 Å². The van der Waals surface area contributed by atoms with Crippen LogP contribution >= 0.6 is 0 Å². The number of nitrogens with two attached hydrogens (primary N) is 1. The van der Waals surface area contributed by atoms with Gasteiger partial charge in [-0.2, -0.15) is 5.10 Å². The lowest BCUT2D eigenvalue weighted by molar-refractivity contribution is 0.721. The van der Waals surface area contributed by atoms with E-state index in [1.54, 1.807) is 4.68 Å². The third kappa shape index (κ3) is 2.65. The molecule has 0 amide bonds. The lowest BCUT2D eigenvalue weighted by atomic mass is 10.1. The number of hydrogen-bond acceptors (Lipinski definition) is 5. The Labute approximate surface area is 119 Å². The highest BCUT2D eigenvalue weighted by Crippen LogP contribution is 2.22. The van der Waals surface area contributed by atoms with Gasteiger partial charge in [-0.05, 0) is 18.9 Å². The first-order valence-electron chi connectivity index (χ1n) is 6.85. The van der Waals surface area contributed by atoms with Crippen LogP contribution in [0.1, 0.15) is 56.6 Å². The van der Waals surface area contributed by atoms with Crippen LogP contribution in [0.25, 0.3) is 5.82 Å². The zero-order valence-electron chi connectivity index (χ0n) is 12.7. The first-order valence-corrected chi connectivity index (χ1v) is 6.85. The molecule has 108 valence electrons. The number of hydrazine groups is 1. The van der Waals surface area contributed by atoms with Crippen molar-refractivity contribution < 1.29 is 0 Å². The minimum absolute atomic E-state index is 0.224. The van der Waals surface area contributed by atoms with Gasteiger partial charge in [0, 0.05) is 17.7 Å². The molecule has 0 saturated carbocycles. The van der Waals surface area contributed by atoms with E-state index in [-0.39, 0.29) is 5.92 Å². The van der Waals surface area contributed by atoms with Crippen molar-refractivity contribution in [1.29, 1.82) is 0 Å². The molecule has 0 bridgehead atoms. The van der Waals surface area contributed by atoms with Gasteiger partial charge in [0.1, 0.15) is 11.6 Å². The number of hydrogen-bond donors (Lipinski definition) is 2. The Morgan fingerprint density at radius 2 is 1.85 bits per heavy atom. The fraction of sp³-hybridized carbons (Fsp3) is 0.500. The minimum Gasteiger partial charge on any atom is -0.308 e. The summed E-state index contributed by atoms with van der Waals surface area (Å²) in [7, 11) is 0.